The third kappa shape index (κ3) is 4.47. The third-order valence-corrected chi connectivity index (χ3v) is 4.27. The molecule has 0 amide bonds. The molecule has 3 aromatic rings. The predicted octanol–water partition coefficient (Wildman–Crippen LogP) is 4.18. The highest BCUT2D eigenvalue weighted by atomic mass is 16.6. The number of esters is 2. The van der Waals surface area contributed by atoms with Gasteiger partial charge in [0.15, 0.2) is 5.70 Å². The maximum atomic E-state index is 12.3. The van der Waals surface area contributed by atoms with E-state index in [1.807, 2.05) is 60.7 Å². The van der Waals surface area contributed by atoms with Gasteiger partial charge in [0.05, 0.1) is 6.42 Å². The summed E-state index contributed by atoms with van der Waals surface area (Å²) in [6, 6.07) is 25.5. The average molecular weight is 383 g/mol. The van der Waals surface area contributed by atoms with E-state index < -0.39 is 5.97 Å². The highest BCUT2D eigenvalue weighted by molar-refractivity contribution is 6.12. The van der Waals surface area contributed by atoms with Crippen LogP contribution in [0.4, 0.5) is 0 Å². The number of nitrogens with zero attached hydrogens (tertiary/aromatic N) is 1. The van der Waals surface area contributed by atoms with Crippen molar-refractivity contribution >= 4 is 23.9 Å². The number of cyclic esters (lactones) is 1. The number of rotatable bonds is 5. The Kier molecular flexibility index (Phi) is 5.29. The Morgan fingerprint density at radius 1 is 0.897 bits per heavy atom. The van der Waals surface area contributed by atoms with Crippen LogP contribution in [0.5, 0.6) is 5.75 Å². The zero-order valence-corrected chi connectivity index (χ0v) is 15.4. The lowest BCUT2D eigenvalue weighted by atomic mass is 10.1. The van der Waals surface area contributed by atoms with Gasteiger partial charge in [0.25, 0.3) is 0 Å². The second-order valence-corrected chi connectivity index (χ2v) is 6.38. The minimum atomic E-state index is -0.547. The largest absolute Gasteiger partial charge is 0.426 e. The Hall–Kier alpha value is -3.99. The summed E-state index contributed by atoms with van der Waals surface area (Å²) in [6.45, 7) is 0. The van der Waals surface area contributed by atoms with Crippen molar-refractivity contribution in [1.29, 1.82) is 0 Å². The van der Waals surface area contributed by atoms with Crippen LogP contribution in [0.1, 0.15) is 16.7 Å². The van der Waals surface area contributed by atoms with E-state index in [0.29, 0.717) is 16.9 Å². The van der Waals surface area contributed by atoms with E-state index in [-0.39, 0.29) is 24.0 Å². The van der Waals surface area contributed by atoms with Crippen LogP contribution < -0.4 is 4.74 Å². The first-order valence-electron chi connectivity index (χ1n) is 9.11. The Morgan fingerprint density at radius 2 is 1.55 bits per heavy atom. The van der Waals surface area contributed by atoms with Crippen molar-refractivity contribution in [2.24, 2.45) is 4.99 Å². The van der Waals surface area contributed by atoms with Gasteiger partial charge in [-0.05, 0) is 29.8 Å². The summed E-state index contributed by atoms with van der Waals surface area (Å²) in [4.78, 5) is 28.8. The molecule has 0 bridgehead atoms. The topological polar surface area (TPSA) is 65.0 Å². The summed E-state index contributed by atoms with van der Waals surface area (Å²) in [7, 11) is 0. The molecule has 0 spiro atoms. The van der Waals surface area contributed by atoms with Gasteiger partial charge in [-0.15, -0.1) is 0 Å². The zero-order valence-electron chi connectivity index (χ0n) is 15.4. The van der Waals surface area contributed by atoms with Gasteiger partial charge >= 0.3 is 11.9 Å². The molecule has 0 N–H and O–H groups in total. The molecule has 0 saturated carbocycles. The zero-order chi connectivity index (χ0) is 20.1. The van der Waals surface area contributed by atoms with Crippen LogP contribution >= 0.6 is 0 Å². The molecule has 5 heteroatoms. The number of carbonyl (C=O) groups is 2. The van der Waals surface area contributed by atoms with Crippen molar-refractivity contribution in [2.45, 2.75) is 6.42 Å². The second-order valence-electron chi connectivity index (χ2n) is 6.38. The molecule has 1 aliphatic rings. The van der Waals surface area contributed by atoms with E-state index in [4.69, 9.17) is 9.47 Å². The van der Waals surface area contributed by atoms with E-state index in [2.05, 4.69) is 4.99 Å². The number of aliphatic imine (C=N–C) groups is 1. The van der Waals surface area contributed by atoms with Crippen molar-refractivity contribution in [1.82, 2.24) is 0 Å². The number of ether oxygens (including phenoxy) is 2. The predicted molar refractivity (Wildman–Crippen MR) is 109 cm³/mol. The molecule has 3 aromatic carbocycles. The first-order valence-corrected chi connectivity index (χ1v) is 9.11. The molecule has 1 heterocycles. The molecule has 0 saturated heterocycles. The van der Waals surface area contributed by atoms with Crippen LogP contribution in [-0.2, 0) is 20.7 Å². The smallest absolute Gasteiger partial charge is 0.363 e. The molecule has 0 radical (unpaired) electrons. The molecule has 0 aromatic heterocycles. The number of para-hydroxylation sites is 1. The van der Waals surface area contributed by atoms with E-state index in [0.717, 1.165) is 5.56 Å². The molecule has 0 fully saturated rings. The van der Waals surface area contributed by atoms with Crippen LogP contribution in [0.15, 0.2) is 95.6 Å². The van der Waals surface area contributed by atoms with Gasteiger partial charge in [0.1, 0.15) is 5.75 Å². The molecule has 142 valence electrons. The normalized spacial score (nSPS) is 14.4. The van der Waals surface area contributed by atoms with Crippen LogP contribution in [0.2, 0.25) is 0 Å². The Balaban J connectivity index is 1.56. The highest BCUT2D eigenvalue weighted by Crippen LogP contribution is 2.25. The quantitative estimate of drug-likeness (QED) is 0.377. The van der Waals surface area contributed by atoms with E-state index in [9.17, 15) is 9.59 Å². The van der Waals surface area contributed by atoms with Gasteiger partial charge in [0.2, 0.25) is 5.90 Å². The maximum absolute atomic E-state index is 12.3. The molecule has 0 atom stereocenters. The van der Waals surface area contributed by atoms with Crippen molar-refractivity contribution in [2.75, 3.05) is 0 Å². The van der Waals surface area contributed by atoms with Gasteiger partial charge in [-0.3, -0.25) is 4.79 Å². The monoisotopic (exact) mass is 383 g/mol. The molecule has 29 heavy (non-hydrogen) atoms. The minimum absolute atomic E-state index is 0.149. The van der Waals surface area contributed by atoms with Gasteiger partial charge in [-0.1, -0.05) is 66.7 Å². The van der Waals surface area contributed by atoms with Crippen LogP contribution in [0.3, 0.4) is 0 Å². The number of hydrogen-bond acceptors (Lipinski definition) is 5. The number of carbonyl (C=O) groups excluding carboxylic acids is 2. The lowest BCUT2D eigenvalue weighted by Crippen LogP contribution is -2.12. The Labute approximate surface area is 167 Å². The van der Waals surface area contributed by atoms with E-state index >= 15 is 0 Å². The number of hydrogen-bond donors (Lipinski definition) is 0. The standard InChI is InChI=1S/C24H17NO4/c26-22(15-17-9-3-1-4-10-17)28-21-14-8-7-13-19(21)16-20-24(27)29-23(25-20)18-11-5-2-6-12-18/h1-14,16H,15H2/b20-16+. The van der Waals surface area contributed by atoms with E-state index in [1.165, 1.54) is 0 Å². The summed E-state index contributed by atoms with van der Waals surface area (Å²) in [5.74, 6) is -0.323. The highest BCUT2D eigenvalue weighted by Gasteiger charge is 2.24. The lowest BCUT2D eigenvalue weighted by Gasteiger charge is -2.07. The summed E-state index contributed by atoms with van der Waals surface area (Å²) in [5.41, 5.74) is 2.30. The van der Waals surface area contributed by atoms with Crippen LogP contribution in [0, 0.1) is 0 Å². The molecule has 0 aliphatic carbocycles. The van der Waals surface area contributed by atoms with Gasteiger partial charge < -0.3 is 9.47 Å². The Morgan fingerprint density at radius 3 is 2.31 bits per heavy atom. The molecular weight excluding hydrogens is 366 g/mol. The molecule has 4 rings (SSSR count). The summed E-state index contributed by atoms with van der Waals surface area (Å²) in [5, 5.41) is 0. The minimum Gasteiger partial charge on any atom is -0.426 e. The maximum Gasteiger partial charge on any atom is 0.363 e. The second kappa shape index (κ2) is 8.35. The summed E-state index contributed by atoms with van der Waals surface area (Å²) >= 11 is 0. The van der Waals surface area contributed by atoms with Crippen molar-refractivity contribution in [3.63, 3.8) is 0 Å². The molecule has 5 nitrogen and oxygen atoms in total. The van der Waals surface area contributed by atoms with Crippen LogP contribution in [-0.4, -0.2) is 17.8 Å². The molecular formula is C24H17NO4. The average Bonchev–Trinajstić information content (AvgIpc) is 3.11. The fourth-order valence-electron chi connectivity index (χ4n) is 2.87. The first kappa shape index (κ1) is 18.4. The number of benzene rings is 3. The van der Waals surface area contributed by atoms with Gasteiger partial charge in [-0.2, -0.15) is 0 Å². The van der Waals surface area contributed by atoms with Gasteiger partial charge in [-0.25, -0.2) is 9.79 Å². The van der Waals surface area contributed by atoms with Crippen molar-refractivity contribution in [3.8, 4) is 5.75 Å². The van der Waals surface area contributed by atoms with Crippen molar-refractivity contribution in [3.05, 3.63) is 107 Å². The summed E-state index contributed by atoms with van der Waals surface area (Å²) in [6.07, 6.45) is 1.72. The fraction of sp³-hybridized carbons (Fsp3) is 0.0417. The third-order valence-electron chi connectivity index (χ3n) is 4.27. The van der Waals surface area contributed by atoms with Crippen molar-refractivity contribution < 1.29 is 19.1 Å². The lowest BCUT2D eigenvalue weighted by molar-refractivity contribution is -0.133. The summed E-state index contributed by atoms with van der Waals surface area (Å²) < 4.78 is 10.8. The van der Waals surface area contributed by atoms with E-state index in [1.54, 1.807) is 30.3 Å². The van der Waals surface area contributed by atoms with Gasteiger partial charge in [0, 0.05) is 11.1 Å². The first-order chi connectivity index (χ1) is 14.2. The fourth-order valence-corrected chi connectivity index (χ4v) is 2.87. The SMILES string of the molecule is O=C(Cc1ccccc1)Oc1ccccc1/C=C1/N=C(c2ccccc2)OC1=O. The van der Waals surface area contributed by atoms with Crippen LogP contribution in [0.25, 0.3) is 6.08 Å². The molecule has 1 aliphatic heterocycles. The Bertz CT molecular complexity index is 1100. The molecule has 0 unspecified atom stereocenters.